The Hall–Kier alpha value is -3.60. The maximum Gasteiger partial charge on any atom is 0.335 e. The highest BCUT2D eigenvalue weighted by atomic mass is 16.4. The van der Waals surface area contributed by atoms with Gasteiger partial charge in [0.2, 0.25) is 0 Å². The first-order valence-electron chi connectivity index (χ1n) is 9.07. The third-order valence-electron chi connectivity index (χ3n) is 5.13. The molecular formula is C20H19N5O3. The number of nitrogens with zero attached hydrogens (tertiary/aromatic N) is 3. The number of H-pyrrole nitrogens is 1. The molecular weight excluding hydrogens is 358 g/mol. The van der Waals surface area contributed by atoms with Crippen molar-refractivity contribution < 1.29 is 9.90 Å². The molecule has 8 nitrogen and oxygen atoms in total. The van der Waals surface area contributed by atoms with E-state index in [9.17, 15) is 20.0 Å². The highest BCUT2D eigenvalue weighted by Crippen LogP contribution is 2.42. The van der Waals surface area contributed by atoms with Gasteiger partial charge in [0.1, 0.15) is 5.39 Å². The van der Waals surface area contributed by atoms with Gasteiger partial charge in [-0.2, -0.15) is 10.4 Å². The lowest BCUT2D eigenvalue weighted by Gasteiger charge is -2.14. The molecule has 0 saturated heterocycles. The van der Waals surface area contributed by atoms with E-state index in [2.05, 4.69) is 21.5 Å². The van der Waals surface area contributed by atoms with Gasteiger partial charge in [-0.15, -0.1) is 0 Å². The van der Waals surface area contributed by atoms with E-state index in [1.54, 1.807) is 36.0 Å². The molecule has 2 aromatic heterocycles. The van der Waals surface area contributed by atoms with Crippen LogP contribution >= 0.6 is 0 Å². The summed E-state index contributed by atoms with van der Waals surface area (Å²) >= 11 is 0. The summed E-state index contributed by atoms with van der Waals surface area (Å²) in [4.78, 5) is 26.4. The van der Waals surface area contributed by atoms with E-state index in [1.807, 2.05) is 0 Å². The maximum absolute atomic E-state index is 12.5. The summed E-state index contributed by atoms with van der Waals surface area (Å²) in [6, 6.07) is 8.82. The van der Waals surface area contributed by atoms with E-state index in [1.165, 1.54) is 6.07 Å². The zero-order valence-electron chi connectivity index (χ0n) is 15.3. The van der Waals surface area contributed by atoms with E-state index < -0.39 is 5.97 Å². The first kappa shape index (κ1) is 17.8. The Morgan fingerprint density at radius 1 is 1.46 bits per heavy atom. The van der Waals surface area contributed by atoms with Crippen molar-refractivity contribution in [3.63, 3.8) is 0 Å². The summed E-state index contributed by atoms with van der Waals surface area (Å²) in [5.41, 5.74) is 1.88. The van der Waals surface area contributed by atoms with Crippen LogP contribution in [0.1, 0.15) is 41.2 Å². The SMILES string of the molecule is Cc1cc(Nc2nn(C(CC#N)C3CC3)c3cc[nH]c(=O)c23)ccc1C(=O)O. The van der Waals surface area contributed by atoms with Crippen molar-refractivity contribution in [1.82, 2.24) is 14.8 Å². The number of carboxylic acids is 1. The number of carboxylic acid groups (broad SMARTS) is 1. The molecule has 0 bridgehead atoms. The van der Waals surface area contributed by atoms with Gasteiger partial charge in [-0.3, -0.25) is 9.48 Å². The number of nitrogens with one attached hydrogen (secondary N) is 2. The molecule has 0 spiro atoms. The number of carbonyl (C=O) groups is 1. The summed E-state index contributed by atoms with van der Waals surface area (Å²) in [7, 11) is 0. The van der Waals surface area contributed by atoms with E-state index in [0.717, 1.165) is 12.8 Å². The van der Waals surface area contributed by atoms with Gasteiger partial charge in [-0.05, 0) is 55.5 Å². The Labute approximate surface area is 160 Å². The number of anilines is 2. The van der Waals surface area contributed by atoms with Crippen LogP contribution in [-0.4, -0.2) is 25.8 Å². The van der Waals surface area contributed by atoms with Gasteiger partial charge < -0.3 is 15.4 Å². The molecule has 3 aromatic rings. The third-order valence-corrected chi connectivity index (χ3v) is 5.13. The number of aromatic carboxylic acids is 1. The average molecular weight is 377 g/mol. The Balaban J connectivity index is 1.79. The largest absolute Gasteiger partial charge is 0.478 e. The van der Waals surface area contributed by atoms with Crippen LogP contribution < -0.4 is 10.9 Å². The molecule has 1 unspecified atom stereocenters. The number of hydrogen-bond acceptors (Lipinski definition) is 5. The summed E-state index contributed by atoms with van der Waals surface area (Å²) in [6.07, 6.45) is 4.01. The van der Waals surface area contributed by atoms with Crippen LogP contribution in [-0.2, 0) is 0 Å². The first-order chi connectivity index (χ1) is 13.5. The number of pyridine rings is 1. The smallest absolute Gasteiger partial charge is 0.335 e. The second kappa shape index (κ2) is 6.85. The van der Waals surface area contributed by atoms with Crippen molar-refractivity contribution in [2.75, 3.05) is 5.32 Å². The summed E-state index contributed by atoms with van der Waals surface area (Å²) in [6.45, 7) is 1.72. The number of fused-ring (bicyclic) bond motifs is 1. The third kappa shape index (κ3) is 3.11. The Morgan fingerprint density at radius 2 is 2.25 bits per heavy atom. The molecule has 1 saturated carbocycles. The topological polar surface area (TPSA) is 124 Å². The van der Waals surface area contributed by atoms with Gasteiger partial charge in [0.15, 0.2) is 5.82 Å². The number of aromatic nitrogens is 3. The van der Waals surface area contributed by atoms with Crippen LogP contribution in [0.3, 0.4) is 0 Å². The van der Waals surface area contributed by atoms with Crippen LogP contribution in [0.4, 0.5) is 11.5 Å². The maximum atomic E-state index is 12.5. The van der Waals surface area contributed by atoms with Gasteiger partial charge in [-0.1, -0.05) is 0 Å². The Morgan fingerprint density at radius 3 is 2.89 bits per heavy atom. The van der Waals surface area contributed by atoms with Crippen LogP contribution in [0.5, 0.6) is 0 Å². The molecule has 1 fully saturated rings. The molecule has 1 aliphatic carbocycles. The lowest BCUT2D eigenvalue weighted by atomic mass is 10.1. The highest BCUT2D eigenvalue weighted by Gasteiger charge is 2.34. The van der Waals surface area contributed by atoms with Gasteiger partial charge in [0.05, 0.1) is 29.6 Å². The minimum Gasteiger partial charge on any atom is -0.478 e. The molecule has 1 aromatic carbocycles. The highest BCUT2D eigenvalue weighted by molar-refractivity contribution is 5.92. The van der Waals surface area contributed by atoms with Crippen LogP contribution in [0.15, 0.2) is 35.3 Å². The van der Waals surface area contributed by atoms with Gasteiger partial charge in [-0.25, -0.2) is 4.79 Å². The molecule has 0 aliphatic heterocycles. The van der Waals surface area contributed by atoms with Gasteiger partial charge in [0, 0.05) is 11.9 Å². The predicted octanol–water partition coefficient (Wildman–Crippen LogP) is 3.34. The molecule has 1 aliphatic rings. The van der Waals surface area contributed by atoms with Crippen molar-refractivity contribution in [2.45, 2.75) is 32.2 Å². The van der Waals surface area contributed by atoms with Crippen molar-refractivity contribution in [3.8, 4) is 6.07 Å². The number of aryl methyl sites for hydroxylation is 1. The van der Waals surface area contributed by atoms with E-state index in [0.29, 0.717) is 40.3 Å². The van der Waals surface area contributed by atoms with Crippen molar-refractivity contribution in [1.29, 1.82) is 5.26 Å². The van der Waals surface area contributed by atoms with E-state index in [-0.39, 0.29) is 17.2 Å². The fourth-order valence-electron chi connectivity index (χ4n) is 3.59. The molecule has 2 heterocycles. The molecule has 0 amide bonds. The number of benzene rings is 1. The first-order valence-corrected chi connectivity index (χ1v) is 9.07. The average Bonchev–Trinajstić information content (AvgIpc) is 3.42. The minimum absolute atomic E-state index is 0.0685. The second-order valence-electron chi connectivity index (χ2n) is 7.09. The van der Waals surface area contributed by atoms with Crippen molar-refractivity contribution in [3.05, 3.63) is 51.9 Å². The fourth-order valence-corrected chi connectivity index (χ4v) is 3.59. The second-order valence-corrected chi connectivity index (χ2v) is 7.09. The summed E-state index contributed by atoms with van der Waals surface area (Å²) in [5.74, 6) is -0.200. The van der Waals surface area contributed by atoms with E-state index >= 15 is 0 Å². The van der Waals surface area contributed by atoms with Gasteiger partial charge in [0.25, 0.3) is 5.56 Å². The fraction of sp³-hybridized carbons (Fsp3) is 0.300. The van der Waals surface area contributed by atoms with Crippen LogP contribution in [0.2, 0.25) is 0 Å². The molecule has 28 heavy (non-hydrogen) atoms. The monoisotopic (exact) mass is 377 g/mol. The summed E-state index contributed by atoms with van der Waals surface area (Å²) in [5, 5.41) is 26.6. The summed E-state index contributed by atoms with van der Waals surface area (Å²) < 4.78 is 1.78. The standard InChI is InChI=1S/C20H19N5O3/c1-11-10-13(4-5-14(11)20(27)28)23-18-17-16(7-9-22-19(17)26)25(24-18)15(6-8-21)12-2-3-12/h4-5,7,9-10,12,15H,2-3,6H2,1H3,(H,22,26)(H,23,24)(H,27,28). The van der Waals surface area contributed by atoms with Crippen molar-refractivity contribution >= 4 is 28.4 Å². The molecule has 3 N–H and O–H groups in total. The normalized spacial score (nSPS) is 14.6. The zero-order valence-corrected chi connectivity index (χ0v) is 15.3. The van der Waals surface area contributed by atoms with Gasteiger partial charge >= 0.3 is 5.97 Å². The zero-order chi connectivity index (χ0) is 19.8. The molecule has 4 rings (SSSR count). The number of rotatable bonds is 6. The molecule has 8 heteroatoms. The molecule has 1 atom stereocenters. The lowest BCUT2D eigenvalue weighted by Crippen LogP contribution is -2.13. The van der Waals surface area contributed by atoms with Crippen LogP contribution in [0.25, 0.3) is 10.9 Å². The van der Waals surface area contributed by atoms with Crippen LogP contribution in [0, 0.1) is 24.2 Å². The number of hydrogen-bond donors (Lipinski definition) is 3. The Bertz CT molecular complexity index is 1170. The lowest BCUT2D eigenvalue weighted by molar-refractivity contribution is 0.0696. The number of nitriles is 1. The minimum atomic E-state index is -0.987. The number of aromatic amines is 1. The predicted molar refractivity (Wildman–Crippen MR) is 104 cm³/mol. The molecule has 0 radical (unpaired) electrons. The Kier molecular flexibility index (Phi) is 4.35. The molecule has 142 valence electrons. The van der Waals surface area contributed by atoms with Crippen molar-refractivity contribution in [2.24, 2.45) is 5.92 Å². The quantitative estimate of drug-likeness (QED) is 0.605. The van der Waals surface area contributed by atoms with E-state index in [4.69, 9.17) is 0 Å².